The third-order valence-electron chi connectivity index (χ3n) is 6.03. The minimum absolute atomic E-state index is 0.0463. The number of nitrogens with one attached hydrogen (secondary N) is 1. The van der Waals surface area contributed by atoms with Gasteiger partial charge in [-0.1, -0.05) is 26.2 Å². The molecule has 1 N–H and O–H groups in total. The summed E-state index contributed by atoms with van der Waals surface area (Å²) in [6.07, 6.45) is 8.84. The maximum atomic E-state index is 12.3. The number of ether oxygens (including phenoxy) is 1. The lowest BCUT2D eigenvalue weighted by molar-refractivity contribution is -0.149. The first kappa shape index (κ1) is 17.2. The Morgan fingerprint density at radius 3 is 2.70 bits per heavy atom. The van der Waals surface area contributed by atoms with E-state index in [1.807, 2.05) is 0 Å². The van der Waals surface area contributed by atoms with Gasteiger partial charge in [0.25, 0.3) is 0 Å². The Hall–Kier alpha value is -0.650. The molecule has 3 aliphatic rings. The highest BCUT2D eigenvalue weighted by Crippen LogP contribution is 2.30. The first-order chi connectivity index (χ1) is 11.2. The van der Waals surface area contributed by atoms with Crippen molar-refractivity contribution < 1.29 is 9.53 Å². The van der Waals surface area contributed by atoms with Gasteiger partial charge in [-0.2, -0.15) is 0 Å². The zero-order valence-corrected chi connectivity index (χ0v) is 14.8. The van der Waals surface area contributed by atoms with Crippen LogP contribution in [0.4, 0.5) is 0 Å². The van der Waals surface area contributed by atoms with Crippen LogP contribution in [0.15, 0.2) is 0 Å². The molecule has 2 saturated heterocycles. The summed E-state index contributed by atoms with van der Waals surface area (Å²) in [6, 6.07) is 0.935. The lowest BCUT2D eigenvalue weighted by atomic mass is 9.86. The fraction of sp³-hybridized carbons (Fsp3) is 0.944. The van der Waals surface area contributed by atoms with Crippen molar-refractivity contribution in [1.29, 1.82) is 0 Å². The fourth-order valence-corrected chi connectivity index (χ4v) is 4.80. The van der Waals surface area contributed by atoms with Crippen LogP contribution in [0.3, 0.4) is 0 Å². The minimum Gasteiger partial charge on any atom is -0.468 e. The summed E-state index contributed by atoms with van der Waals surface area (Å²) in [5.41, 5.74) is 0. The van der Waals surface area contributed by atoms with Crippen LogP contribution in [0.2, 0.25) is 0 Å². The second-order valence-corrected chi connectivity index (χ2v) is 7.58. The highest BCUT2D eigenvalue weighted by molar-refractivity contribution is 5.76. The SMILES string of the molecule is CCCN1CNC2C[C@@H](C(=O)OC)N(CC3CCCCC3)CC21. The van der Waals surface area contributed by atoms with Crippen molar-refractivity contribution in [1.82, 2.24) is 15.1 Å². The number of rotatable bonds is 5. The summed E-state index contributed by atoms with van der Waals surface area (Å²) < 4.78 is 5.11. The number of carbonyl (C=O) groups is 1. The summed E-state index contributed by atoms with van der Waals surface area (Å²) >= 11 is 0. The molecule has 3 rings (SSSR count). The monoisotopic (exact) mass is 323 g/mol. The molecule has 0 amide bonds. The van der Waals surface area contributed by atoms with Crippen LogP contribution in [0.25, 0.3) is 0 Å². The summed E-state index contributed by atoms with van der Waals surface area (Å²) in [5.74, 6) is 0.719. The van der Waals surface area contributed by atoms with Gasteiger partial charge in [0.15, 0.2) is 0 Å². The Morgan fingerprint density at radius 2 is 2.00 bits per heavy atom. The molecule has 23 heavy (non-hydrogen) atoms. The van der Waals surface area contributed by atoms with E-state index < -0.39 is 0 Å². The van der Waals surface area contributed by atoms with Gasteiger partial charge in [-0.3, -0.25) is 19.9 Å². The summed E-state index contributed by atoms with van der Waals surface area (Å²) in [6.45, 7) is 6.44. The Bertz CT molecular complexity index is 398. The quantitative estimate of drug-likeness (QED) is 0.782. The smallest absolute Gasteiger partial charge is 0.323 e. The normalized spacial score (nSPS) is 33.6. The fourth-order valence-electron chi connectivity index (χ4n) is 4.80. The Morgan fingerprint density at radius 1 is 1.22 bits per heavy atom. The zero-order chi connectivity index (χ0) is 16.2. The van der Waals surface area contributed by atoms with E-state index in [-0.39, 0.29) is 12.0 Å². The van der Waals surface area contributed by atoms with Gasteiger partial charge < -0.3 is 4.74 Å². The van der Waals surface area contributed by atoms with Crippen molar-refractivity contribution in [2.24, 2.45) is 5.92 Å². The molecule has 5 nitrogen and oxygen atoms in total. The Balaban J connectivity index is 1.68. The third-order valence-corrected chi connectivity index (χ3v) is 6.03. The van der Waals surface area contributed by atoms with E-state index in [4.69, 9.17) is 4.74 Å². The largest absolute Gasteiger partial charge is 0.468 e. The topological polar surface area (TPSA) is 44.8 Å². The van der Waals surface area contributed by atoms with Gasteiger partial charge in [-0.05, 0) is 38.1 Å². The van der Waals surface area contributed by atoms with Crippen molar-refractivity contribution in [3.05, 3.63) is 0 Å². The number of carbonyl (C=O) groups excluding carboxylic acids is 1. The number of hydrogen-bond donors (Lipinski definition) is 1. The van der Waals surface area contributed by atoms with Crippen molar-refractivity contribution in [3.8, 4) is 0 Å². The molecule has 5 heteroatoms. The average Bonchev–Trinajstić information content (AvgIpc) is 2.97. The molecule has 0 radical (unpaired) electrons. The number of fused-ring (bicyclic) bond motifs is 1. The number of esters is 1. The molecule has 2 heterocycles. The molecule has 1 saturated carbocycles. The van der Waals surface area contributed by atoms with E-state index in [0.29, 0.717) is 12.1 Å². The predicted octanol–water partition coefficient (Wildman–Crippen LogP) is 1.82. The number of nitrogens with zero attached hydrogens (tertiary/aromatic N) is 2. The van der Waals surface area contributed by atoms with E-state index in [2.05, 4.69) is 22.0 Å². The van der Waals surface area contributed by atoms with Crippen LogP contribution in [-0.4, -0.2) is 67.3 Å². The molecular weight excluding hydrogens is 290 g/mol. The van der Waals surface area contributed by atoms with Gasteiger partial charge in [-0.25, -0.2) is 0 Å². The van der Waals surface area contributed by atoms with Crippen LogP contribution in [0.5, 0.6) is 0 Å². The van der Waals surface area contributed by atoms with Crippen molar-refractivity contribution in [2.75, 3.05) is 33.4 Å². The second-order valence-electron chi connectivity index (χ2n) is 7.58. The molecular formula is C18H33N3O2. The molecule has 0 aromatic rings. The zero-order valence-electron chi connectivity index (χ0n) is 14.8. The predicted molar refractivity (Wildman–Crippen MR) is 91.1 cm³/mol. The van der Waals surface area contributed by atoms with Gasteiger partial charge in [0, 0.05) is 31.8 Å². The van der Waals surface area contributed by atoms with Crippen LogP contribution in [0.1, 0.15) is 51.9 Å². The third kappa shape index (κ3) is 3.89. The number of likely N-dealkylation sites (tertiary alicyclic amines) is 1. The first-order valence-corrected chi connectivity index (χ1v) is 9.52. The Labute approximate surface area is 140 Å². The molecule has 1 aliphatic carbocycles. The minimum atomic E-state index is -0.0581. The molecule has 0 bridgehead atoms. The standard InChI is InChI=1S/C18H33N3O2/c1-3-9-20-13-19-15-10-16(18(22)23-2)21(12-17(15)20)11-14-7-5-4-6-8-14/h14-17,19H,3-13H2,1-2H3/t15?,16-,17?/m0/s1. The molecule has 0 spiro atoms. The Kier molecular flexibility index (Phi) is 5.94. The molecule has 3 atom stereocenters. The molecule has 0 aromatic heterocycles. The number of hydrogen-bond acceptors (Lipinski definition) is 5. The van der Waals surface area contributed by atoms with E-state index in [1.54, 1.807) is 0 Å². The van der Waals surface area contributed by atoms with Crippen molar-refractivity contribution in [3.63, 3.8) is 0 Å². The van der Waals surface area contributed by atoms with Gasteiger partial charge >= 0.3 is 5.97 Å². The van der Waals surface area contributed by atoms with Crippen LogP contribution < -0.4 is 5.32 Å². The summed E-state index contributed by atoms with van der Waals surface area (Å²) in [5, 5.41) is 3.62. The summed E-state index contributed by atoms with van der Waals surface area (Å²) in [7, 11) is 1.53. The second kappa shape index (κ2) is 7.95. The number of piperidine rings is 1. The van der Waals surface area contributed by atoms with Crippen LogP contribution in [0, 0.1) is 5.92 Å². The van der Waals surface area contributed by atoms with Crippen LogP contribution in [-0.2, 0) is 9.53 Å². The first-order valence-electron chi connectivity index (χ1n) is 9.52. The van der Waals surface area contributed by atoms with E-state index in [9.17, 15) is 4.79 Å². The van der Waals surface area contributed by atoms with Gasteiger partial charge in [0.1, 0.15) is 6.04 Å². The molecule has 132 valence electrons. The number of methoxy groups -OCH3 is 1. The highest BCUT2D eigenvalue weighted by atomic mass is 16.5. The maximum absolute atomic E-state index is 12.3. The molecule has 2 aliphatic heterocycles. The lowest BCUT2D eigenvalue weighted by Gasteiger charge is -2.43. The average molecular weight is 323 g/mol. The molecule has 2 unspecified atom stereocenters. The van der Waals surface area contributed by atoms with Crippen molar-refractivity contribution in [2.45, 2.75) is 70.0 Å². The highest BCUT2D eigenvalue weighted by Gasteiger charge is 2.44. The van der Waals surface area contributed by atoms with E-state index in [0.717, 1.165) is 38.6 Å². The van der Waals surface area contributed by atoms with E-state index >= 15 is 0 Å². The molecule has 3 fully saturated rings. The van der Waals surface area contributed by atoms with Gasteiger partial charge in [0.05, 0.1) is 7.11 Å². The van der Waals surface area contributed by atoms with E-state index in [1.165, 1.54) is 45.6 Å². The summed E-state index contributed by atoms with van der Waals surface area (Å²) in [4.78, 5) is 17.3. The molecule has 0 aromatic carbocycles. The van der Waals surface area contributed by atoms with Crippen molar-refractivity contribution >= 4 is 5.97 Å². The van der Waals surface area contributed by atoms with Crippen LogP contribution >= 0.6 is 0 Å². The maximum Gasteiger partial charge on any atom is 0.323 e. The van der Waals surface area contributed by atoms with Gasteiger partial charge in [0.2, 0.25) is 0 Å². The lowest BCUT2D eigenvalue weighted by Crippen LogP contribution is -2.59. The van der Waals surface area contributed by atoms with Gasteiger partial charge in [-0.15, -0.1) is 0 Å².